The fraction of sp³-hybridized carbons (Fsp3) is 0.333. The van der Waals surface area contributed by atoms with Crippen LogP contribution in [-0.4, -0.2) is 53.3 Å². The van der Waals surface area contributed by atoms with Crippen molar-refractivity contribution in [2.45, 2.75) is 6.42 Å². The second-order valence-corrected chi connectivity index (χ2v) is 6.45. The van der Waals surface area contributed by atoms with Crippen LogP contribution in [0.2, 0.25) is 0 Å². The van der Waals surface area contributed by atoms with E-state index in [9.17, 15) is 9.59 Å². The van der Waals surface area contributed by atoms with Gasteiger partial charge in [0.15, 0.2) is 0 Å². The van der Waals surface area contributed by atoms with E-state index in [4.69, 9.17) is 9.47 Å². The number of methoxy groups -OCH3 is 2. The maximum Gasteiger partial charge on any atom is 0.253 e. The molecule has 0 atom stereocenters. The van der Waals surface area contributed by atoms with Crippen molar-refractivity contribution in [1.82, 2.24) is 5.32 Å². The van der Waals surface area contributed by atoms with Gasteiger partial charge in [-0.25, -0.2) is 0 Å². The number of carbonyl (C=O) groups is 2. The zero-order chi connectivity index (χ0) is 20.5. The van der Waals surface area contributed by atoms with Gasteiger partial charge >= 0.3 is 0 Å². The quantitative estimate of drug-likeness (QED) is 0.648. The summed E-state index contributed by atoms with van der Waals surface area (Å²) in [5, 5.41) is 5.67. The Morgan fingerprint density at radius 3 is 2.36 bits per heavy atom. The van der Waals surface area contributed by atoms with E-state index in [1.807, 2.05) is 49.3 Å². The zero-order valence-corrected chi connectivity index (χ0v) is 16.7. The summed E-state index contributed by atoms with van der Waals surface area (Å²) in [5.74, 6) is 0.369. The molecule has 7 nitrogen and oxygen atoms in total. The fourth-order valence-electron chi connectivity index (χ4n) is 2.68. The van der Waals surface area contributed by atoms with E-state index < -0.39 is 0 Å². The van der Waals surface area contributed by atoms with Crippen LogP contribution in [0.4, 0.5) is 11.4 Å². The number of rotatable bonds is 9. The van der Waals surface area contributed by atoms with Crippen LogP contribution < -0.4 is 20.3 Å². The standard InChI is InChI=1S/C21H27N3O4/c1-24(2)19-10-7-16(14-18(19)21(26)22-11-12-27-3)23-20(25)13-15-5-8-17(28-4)9-6-15/h5-10,14H,11-13H2,1-4H3,(H,22,26)(H,23,25). The summed E-state index contributed by atoms with van der Waals surface area (Å²) in [6.45, 7) is 0.845. The Morgan fingerprint density at radius 2 is 1.75 bits per heavy atom. The molecule has 0 aromatic heterocycles. The highest BCUT2D eigenvalue weighted by Crippen LogP contribution is 2.23. The zero-order valence-electron chi connectivity index (χ0n) is 16.7. The van der Waals surface area contributed by atoms with Crippen molar-refractivity contribution in [1.29, 1.82) is 0 Å². The monoisotopic (exact) mass is 385 g/mol. The van der Waals surface area contributed by atoms with Gasteiger partial charge in [-0.05, 0) is 35.9 Å². The van der Waals surface area contributed by atoms with Crippen molar-refractivity contribution in [2.24, 2.45) is 0 Å². The normalized spacial score (nSPS) is 10.3. The van der Waals surface area contributed by atoms with Crippen molar-refractivity contribution in [2.75, 3.05) is 51.7 Å². The molecule has 0 fully saturated rings. The third kappa shape index (κ3) is 5.99. The molecule has 2 aromatic carbocycles. The number of ether oxygens (including phenoxy) is 2. The van der Waals surface area contributed by atoms with E-state index >= 15 is 0 Å². The molecule has 0 saturated carbocycles. The predicted molar refractivity (Wildman–Crippen MR) is 110 cm³/mol. The van der Waals surface area contributed by atoms with Crippen LogP contribution in [0.15, 0.2) is 42.5 Å². The molecule has 28 heavy (non-hydrogen) atoms. The molecule has 7 heteroatoms. The van der Waals surface area contributed by atoms with Crippen LogP contribution in [-0.2, 0) is 16.0 Å². The Hall–Kier alpha value is -3.06. The Bertz CT molecular complexity index is 804. The summed E-state index contributed by atoms with van der Waals surface area (Å²) < 4.78 is 10.1. The van der Waals surface area contributed by atoms with Crippen molar-refractivity contribution in [3.8, 4) is 5.75 Å². The summed E-state index contributed by atoms with van der Waals surface area (Å²) in [5.41, 5.74) is 2.70. The molecule has 2 N–H and O–H groups in total. The number of carbonyl (C=O) groups excluding carboxylic acids is 2. The summed E-state index contributed by atoms with van der Waals surface area (Å²) in [6, 6.07) is 12.6. The van der Waals surface area contributed by atoms with Gasteiger partial charge in [0.25, 0.3) is 5.91 Å². The molecule has 2 rings (SSSR count). The Kier molecular flexibility index (Phi) is 7.83. The first kappa shape index (κ1) is 21.2. The lowest BCUT2D eigenvalue weighted by Gasteiger charge is -2.18. The lowest BCUT2D eigenvalue weighted by atomic mass is 10.1. The molecule has 0 spiro atoms. The number of nitrogens with zero attached hydrogens (tertiary/aromatic N) is 1. The SMILES string of the molecule is COCCNC(=O)c1cc(NC(=O)Cc2ccc(OC)cc2)ccc1N(C)C. The number of hydrogen-bond donors (Lipinski definition) is 2. The molecule has 0 unspecified atom stereocenters. The molecular weight excluding hydrogens is 358 g/mol. The van der Waals surface area contributed by atoms with E-state index in [1.165, 1.54) is 0 Å². The van der Waals surface area contributed by atoms with E-state index in [0.717, 1.165) is 17.0 Å². The van der Waals surface area contributed by atoms with Gasteiger partial charge in [0, 0.05) is 39.1 Å². The van der Waals surface area contributed by atoms with E-state index in [0.29, 0.717) is 24.4 Å². The van der Waals surface area contributed by atoms with Gasteiger partial charge in [0.1, 0.15) is 5.75 Å². The Labute approximate surface area is 165 Å². The second kappa shape index (κ2) is 10.3. The average Bonchev–Trinajstić information content (AvgIpc) is 2.68. The maximum atomic E-state index is 12.5. The number of amides is 2. The summed E-state index contributed by atoms with van der Waals surface area (Å²) >= 11 is 0. The number of hydrogen-bond acceptors (Lipinski definition) is 5. The van der Waals surface area contributed by atoms with Crippen LogP contribution in [0.3, 0.4) is 0 Å². The minimum atomic E-state index is -0.216. The van der Waals surface area contributed by atoms with Gasteiger partial charge in [-0.1, -0.05) is 12.1 Å². The summed E-state index contributed by atoms with van der Waals surface area (Å²) in [6.07, 6.45) is 0.231. The molecule has 0 aliphatic rings. The van der Waals surface area contributed by atoms with Crippen molar-refractivity contribution in [3.63, 3.8) is 0 Å². The largest absolute Gasteiger partial charge is 0.497 e. The molecule has 0 saturated heterocycles. The van der Waals surface area contributed by atoms with Gasteiger partial charge in [-0.2, -0.15) is 0 Å². The lowest BCUT2D eigenvalue weighted by molar-refractivity contribution is -0.115. The third-order valence-electron chi connectivity index (χ3n) is 4.12. The van der Waals surface area contributed by atoms with Crippen LogP contribution in [0.5, 0.6) is 5.75 Å². The van der Waals surface area contributed by atoms with E-state index in [1.54, 1.807) is 26.4 Å². The van der Waals surface area contributed by atoms with Crippen molar-refractivity contribution < 1.29 is 19.1 Å². The first-order chi connectivity index (χ1) is 13.4. The van der Waals surface area contributed by atoms with Gasteiger partial charge in [0.05, 0.1) is 25.7 Å². The molecule has 0 aliphatic heterocycles. The fourth-order valence-corrected chi connectivity index (χ4v) is 2.68. The van der Waals surface area contributed by atoms with Crippen molar-refractivity contribution in [3.05, 3.63) is 53.6 Å². The minimum Gasteiger partial charge on any atom is -0.497 e. The minimum absolute atomic E-state index is 0.159. The van der Waals surface area contributed by atoms with Gasteiger partial charge in [-0.3, -0.25) is 9.59 Å². The van der Waals surface area contributed by atoms with Crippen LogP contribution in [0.25, 0.3) is 0 Å². The predicted octanol–water partition coefficient (Wildman–Crippen LogP) is 2.32. The topological polar surface area (TPSA) is 79.9 Å². The maximum absolute atomic E-state index is 12.5. The molecule has 0 radical (unpaired) electrons. The van der Waals surface area contributed by atoms with Crippen LogP contribution in [0, 0.1) is 0 Å². The summed E-state index contributed by atoms with van der Waals surface area (Å²) in [4.78, 5) is 26.7. The molecule has 2 aromatic rings. The first-order valence-electron chi connectivity index (χ1n) is 8.96. The molecule has 0 aliphatic carbocycles. The highest BCUT2D eigenvalue weighted by Gasteiger charge is 2.15. The van der Waals surface area contributed by atoms with Crippen LogP contribution >= 0.6 is 0 Å². The highest BCUT2D eigenvalue weighted by molar-refractivity contribution is 6.02. The van der Waals surface area contributed by atoms with Gasteiger partial charge < -0.3 is 25.0 Å². The molecular formula is C21H27N3O4. The van der Waals surface area contributed by atoms with Crippen molar-refractivity contribution >= 4 is 23.2 Å². The van der Waals surface area contributed by atoms with Gasteiger partial charge in [-0.15, -0.1) is 0 Å². The van der Waals surface area contributed by atoms with E-state index in [-0.39, 0.29) is 18.2 Å². The number of anilines is 2. The van der Waals surface area contributed by atoms with Crippen LogP contribution in [0.1, 0.15) is 15.9 Å². The number of benzene rings is 2. The molecule has 0 bridgehead atoms. The van der Waals surface area contributed by atoms with E-state index in [2.05, 4.69) is 10.6 Å². The summed E-state index contributed by atoms with van der Waals surface area (Å²) in [7, 11) is 6.91. The first-order valence-corrected chi connectivity index (χ1v) is 8.96. The Balaban J connectivity index is 2.10. The molecule has 2 amide bonds. The highest BCUT2D eigenvalue weighted by atomic mass is 16.5. The average molecular weight is 385 g/mol. The molecule has 150 valence electrons. The lowest BCUT2D eigenvalue weighted by Crippen LogP contribution is -2.29. The Morgan fingerprint density at radius 1 is 1.04 bits per heavy atom. The number of nitrogens with one attached hydrogen (secondary N) is 2. The third-order valence-corrected chi connectivity index (χ3v) is 4.12. The second-order valence-electron chi connectivity index (χ2n) is 6.45. The smallest absolute Gasteiger partial charge is 0.253 e. The molecule has 0 heterocycles. The van der Waals surface area contributed by atoms with Gasteiger partial charge in [0.2, 0.25) is 5.91 Å².